The van der Waals surface area contributed by atoms with Crippen LogP contribution in [0.4, 0.5) is 0 Å². The molecule has 1 heteroatoms. The minimum absolute atomic E-state index is 1.03. The average Bonchev–Trinajstić information content (AvgIpc) is 2.75. The van der Waals surface area contributed by atoms with Gasteiger partial charge >= 0.3 is 168 Å². The Kier molecular flexibility index (Phi) is 5.80. The molecule has 0 radical (unpaired) electrons. The van der Waals surface area contributed by atoms with Crippen molar-refractivity contribution in [1.82, 2.24) is 0 Å². The van der Waals surface area contributed by atoms with Crippen molar-refractivity contribution in [1.29, 1.82) is 0 Å². The van der Waals surface area contributed by atoms with Crippen LogP contribution in [0.15, 0.2) is 139 Å². The molecule has 0 heterocycles. The molecule has 0 aliphatic heterocycles. The molecule has 0 aromatic heterocycles. The van der Waals surface area contributed by atoms with Crippen molar-refractivity contribution in [3.8, 4) is 0 Å². The van der Waals surface area contributed by atoms with Crippen molar-refractivity contribution >= 4 is 23.2 Å². The van der Waals surface area contributed by atoms with E-state index in [2.05, 4.69) is 134 Å². The third kappa shape index (κ3) is 3.84. The van der Waals surface area contributed by atoms with Crippen LogP contribution in [0.3, 0.4) is 0 Å². The normalized spacial score (nSPS) is 19.5. The molecule has 0 fully saturated rings. The van der Waals surface area contributed by atoms with Gasteiger partial charge in [0.25, 0.3) is 0 Å². The van der Waals surface area contributed by atoms with Crippen LogP contribution in [0.2, 0.25) is 0 Å². The van der Waals surface area contributed by atoms with E-state index in [0.717, 1.165) is 6.16 Å². The molecule has 4 rings (SSSR count). The number of hydrogen-bond acceptors (Lipinski definition) is 0. The summed E-state index contributed by atoms with van der Waals surface area (Å²) in [5, 5.41) is 4.34. The van der Waals surface area contributed by atoms with E-state index in [1.54, 1.807) is 0 Å². The molecule has 0 unspecified atom stereocenters. The molecule has 138 valence electrons. The molecule has 28 heavy (non-hydrogen) atoms. The molecule has 3 aromatic carbocycles. The third-order valence-corrected chi connectivity index (χ3v) is 10.2. The van der Waals surface area contributed by atoms with Crippen molar-refractivity contribution in [2.75, 3.05) is 6.16 Å². The summed E-state index contributed by atoms with van der Waals surface area (Å²) in [5.74, 6) is 0. The Morgan fingerprint density at radius 2 is 0.893 bits per heavy atom. The summed E-state index contributed by atoms with van der Waals surface area (Å²) in [6.07, 6.45) is 16.1. The van der Waals surface area contributed by atoms with Crippen molar-refractivity contribution in [2.24, 2.45) is 0 Å². The first kappa shape index (κ1) is 18.4. The Balaban J connectivity index is 1.96. The fourth-order valence-electron chi connectivity index (χ4n) is 4.00. The Labute approximate surface area is 168 Å². The summed E-state index contributed by atoms with van der Waals surface area (Å²) >= 11 is 0. The second kappa shape index (κ2) is 8.83. The van der Waals surface area contributed by atoms with E-state index in [0.29, 0.717) is 0 Å². The number of allylic oxidation sites excluding steroid dienone is 8. The van der Waals surface area contributed by atoms with Gasteiger partial charge in [0.15, 0.2) is 0 Å². The van der Waals surface area contributed by atoms with Gasteiger partial charge in [-0.15, -0.1) is 0 Å². The van der Waals surface area contributed by atoms with Crippen LogP contribution in [0.1, 0.15) is 0 Å². The topological polar surface area (TPSA) is 0 Å². The summed E-state index contributed by atoms with van der Waals surface area (Å²) in [6, 6.07) is 33.3. The molecule has 0 saturated carbocycles. The van der Waals surface area contributed by atoms with Crippen LogP contribution in [0.25, 0.3) is 0 Å². The summed E-state index contributed by atoms with van der Waals surface area (Å²) in [6.45, 7) is 0. The number of hydrogen-bond donors (Lipinski definition) is 0. The van der Waals surface area contributed by atoms with Gasteiger partial charge in [0.05, 0.1) is 0 Å². The molecule has 0 nitrogen and oxygen atoms in total. The van der Waals surface area contributed by atoms with Crippen LogP contribution in [0.5, 0.6) is 0 Å². The van der Waals surface area contributed by atoms with Gasteiger partial charge in [-0.1, -0.05) is 0 Å². The van der Waals surface area contributed by atoms with Crippen LogP contribution in [-0.4, -0.2) is 6.16 Å². The SMILES string of the molecule is C1=C\C=C/C(C[PH](c2ccccc2)(c2ccccc2)c2ccccc2)=C\C=C/1. The van der Waals surface area contributed by atoms with E-state index in [1.807, 2.05) is 0 Å². The molecular weight excluding hydrogens is 355 g/mol. The Bertz CT molecular complexity index is 913. The van der Waals surface area contributed by atoms with Crippen LogP contribution in [-0.2, 0) is 0 Å². The minimum atomic E-state index is -2.23. The monoisotopic (exact) mass is 380 g/mol. The van der Waals surface area contributed by atoms with E-state index in [9.17, 15) is 0 Å². The molecular formula is C27H25P. The van der Waals surface area contributed by atoms with Gasteiger partial charge in [0.1, 0.15) is 0 Å². The van der Waals surface area contributed by atoms with Gasteiger partial charge in [0.2, 0.25) is 0 Å². The quantitative estimate of drug-likeness (QED) is 0.526. The first-order chi connectivity index (χ1) is 13.9. The van der Waals surface area contributed by atoms with Crippen LogP contribution < -0.4 is 15.9 Å². The Hall–Kier alpha value is -2.95. The summed E-state index contributed by atoms with van der Waals surface area (Å²) < 4.78 is 0. The number of benzene rings is 3. The van der Waals surface area contributed by atoms with E-state index < -0.39 is 7.26 Å². The predicted molar refractivity (Wildman–Crippen MR) is 127 cm³/mol. The predicted octanol–water partition coefficient (Wildman–Crippen LogP) is 5.32. The molecule has 1 aliphatic carbocycles. The van der Waals surface area contributed by atoms with E-state index in [4.69, 9.17) is 0 Å². The zero-order chi connectivity index (χ0) is 19.1. The summed E-state index contributed by atoms with van der Waals surface area (Å²) in [5.41, 5.74) is 1.36. The zero-order valence-electron chi connectivity index (χ0n) is 15.9. The number of rotatable bonds is 5. The van der Waals surface area contributed by atoms with Gasteiger partial charge in [-0.05, 0) is 0 Å². The van der Waals surface area contributed by atoms with Gasteiger partial charge in [-0.2, -0.15) is 0 Å². The summed E-state index contributed by atoms with van der Waals surface area (Å²) in [7, 11) is -2.23. The van der Waals surface area contributed by atoms with Gasteiger partial charge < -0.3 is 0 Å². The van der Waals surface area contributed by atoms with Crippen molar-refractivity contribution in [3.05, 3.63) is 139 Å². The first-order valence-corrected chi connectivity index (χ1v) is 12.0. The molecule has 0 amide bonds. The molecule has 0 saturated heterocycles. The van der Waals surface area contributed by atoms with Gasteiger partial charge in [0, 0.05) is 0 Å². The molecule has 0 N–H and O–H groups in total. The Morgan fingerprint density at radius 3 is 1.39 bits per heavy atom. The van der Waals surface area contributed by atoms with Crippen molar-refractivity contribution < 1.29 is 0 Å². The van der Waals surface area contributed by atoms with Crippen molar-refractivity contribution in [3.63, 3.8) is 0 Å². The molecule has 0 atom stereocenters. The maximum atomic E-state index is 2.31. The molecule has 0 bridgehead atoms. The van der Waals surface area contributed by atoms with Crippen LogP contribution >= 0.6 is 7.26 Å². The van der Waals surface area contributed by atoms with E-state index in [1.165, 1.54) is 21.5 Å². The molecule has 1 aliphatic rings. The molecule has 0 spiro atoms. The van der Waals surface area contributed by atoms with Gasteiger partial charge in [-0.3, -0.25) is 0 Å². The molecule has 3 aromatic rings. The fraction of sp³-hybridized carbons (Fsp3) is 0.0370. The fourth-order valence-corrected chi connectivity index (χ4v) is 8.75. The van der Waals surface area contributed by atoms with Crippen molar-refractivity contribution in [2.45, 2.75) is 0 Å². The Morgan fingerprint density at radius 1 is 0.464 bits per heavy atom. The third-order valence-electron chi connectivity index (χ3n) is 5.33. The van der Waals surface area contributed by atoms with E-state index in [-0.39, 0.29) is 0 Å². The zero-order valence-corrected chi connectivity index (χ0v) is 16.9. The van der Waals surface area contributed by atoms with Gasteiger partial charge in [-0.25, -0.2) is 0 Å². The second-order valence-corrected chi connectivity index (χ2v) is 10.9. The van der Waals surface area contributed by atoms with E-state index >= 15 is 0 Å². The first-order valence-electron chi connectivity index (χ1n) is 9.77. The maximum absolute atomic E-state index is 2.31. The second-order valence-electron chi connectivity index (χ2n) is 7.05. The summed E-state index contributed by atoms with van der Waals surface area (Å²) in [4.78, 5) is 0. The van der Waals surface area contributed by atoms with Crippen LogP contribution in [0, 0.1) is 0 Å². The standard InChI is InChI=1S/C27H25P/c1-2-7-15-24(16-8-3-1)23-28(25-17-9-4-10-18-25,26-19-11-5-12-20-26)27-21-13-6-14-22-27/h1-22,28H,23H2/b2-1-,3-1?,7-2?,8-3-,15-7-,16-8?,24-15?,24-16+. The average molecular weight is 380 g/mol.